The largest absolute Gasteiger partial charge is 0.486 e. The normalized spacial score (nSPS) is 10.5. The molecule has 0 radical (unpaired) electrons. The minimum atomic E-state index is -0.418. The molecule has 0 aliphatic rings. The lowest BCUT2D eigenvalue weighted by Crippen LogP contribution is -2.06. The summed E-state index contributed by atoms with van der Waals surface area (Å²) in [4.78, 5) is 16.4. The van der Waals surface area contributed by atoms with Crippen molar-refractivity contribution in [1.29, 1.82) is 0 Å². The van der Waals surface area contributed by atoms with Crippen molar-refractivity contribution in [3.63, 3.8) is 0 Å². The zero-order valence-corrected chi connectivity index (χ0v) is 15.0. The third kappa shape index (κ3) is 4.90. The van der Waals surface area contributed by atoms with Crippen LogP contribution in [0.2, 0.25) is 0 Å². The second kappa shape index (κ2) is 7.94. The molecule has 0 atom stereocenters. The van der Waals surface area contributed by atoms with Gasteiger partial charge in [0.2, 0.25) is 0 Å². The number of aromatic nitrogens is 1. The summed E-state index contributed by atoms with van der Waals surface area (Å²) in [5, 5.41) is 2.44. The van der Waals surface area contributed by atoms with Crippen LogP contribution in [0.1, 0.15) is 32.2 Å². The second-order valence-corrected chi connectivity index (χ2v) is 6.73. The lowest BCUT2D eigenvalue weighted by Gasteiger charge is -2.04. The lowest BCUT2D eigenvalue weighted by atomic mass is 10.2. The Bertz CT molecular complexity index is 838. The van der Waals surface area contributed by atoms with E-state index in [9.17, 15) is 4.79 Å². The number of carbonyl (C=O) groups excluding carboxylic acids is 1. The van der Waals surface area contributed by atoms with Gasteiger partial charge in [0.25, 0.3) is 0 Å². The van der Waals surface area contributed by atoms with Crippen LogP contribution in [0, 0.1) is 13.8 Å². The Balaban J connectivity index is 1.52. The van der Waals surface area contributed by atoms with Crippen molar-refractivity contribution in [1.82, 2.24) is 4.98 Å². The van der Waals surface area contributed by atoms with E-state index in [1.54, 1.807) is 5.38 Å². The summed E-state index contributed by atoms with van der Waals surface area (Å²) in [6, 6.07) is 15.7. The van der Waals surface area contributed by atoms with Gasteiger partial charge in [-0.3, -0.25) is 0 Å². The monoisotopic (exact) mass is 353 g/mol. The lowest BCUT2D eigenvalue weighted by molar-refractivity contribution is 0.0466. The number of esters is 1. The topological polar surface area (TPSA) is 48.4 Å². The first kappa shape index (κ1) is 17.2. The number of thiazole rings is 1. The third-order valence-corrected chi connectivity index (χ3v) is 4.46. The van der Waals surface area contributed by atoms with Gasteiger partial charge in [-0.2, -0.15) is 0 Å². The van der Waals surface area contributed by atoms with Crippen LogP contribution in [0.5, 0.6) is 5.75 Å². The average Bonchev–Trinajstić information content (AvgIpc) is 3.10. The summed E-state index contributed by atoms with van der Waals surface area (Å²) >= 11 is 1.39. The van der Waals surface area contributed by atoms with E-state index < -0.39 is 5.97 Å². The van der Waals surface area contributed by atoms with Gasteiger partial charge in [0.15, 0.2) is 5.69 Å². The van der Waals surface area contributed by atoms with Crippen LogP contribution < -0.4 is 4.74 Å². The molecule has 0 saturated carbocycles. The number of hydrogen-bond donors (Lipinski definition) is 0. The molecule has 4 nitrogen and oxygen atoms in total. The molecule has 0 saturated heterocycles. The molecule has 0 aliphatic carbocycles. The molecule has 0 N–H and O–H groups in total. The first-order valence-electron chi connectivity index (χ1n) is 7.97. The number of ether oxygens (including phenoxy) is 2. The van der Waals surface area contributed by atoms with E-state index in [0.29, 0.717) is 12.3 Å². The van der Waals surface area contributed by atoms with Crippen molar-refractivity contribution in [3.8, 4) is 5.75 Å². The molecule has 1 aromatic heterocycles. The van der Waals surface area contributed by atoms with Crippen molar-refractivity contribution in [2.45, 2.75) is 27.1 Å². The fourth-order valence-corrected chi connectivity index (χ4v) is 2.83. The van der Waals surface area contributed by atoms with Gasteiger partial charge in [-0.05, 0) is 31.5 Å². The highest BCUT2D eigenvalue weighted by Gasteiger charge is 2.13. The van der Waals surface area contributed by atoms with Crippen LogP contribution in [-0.2, 0) is 18.0 Å². The summed E-state index contributed by atoms with van der Waals surface area (Å²) in [5.74, 6) is 0.364. The minimum absolute atomic E-state index is 0.242. The van der Waals surface area contributed by atoms with Gasteiger partial charge < -0.3 is 9.47 Å². The molecule has 1 heterocycles. The summed E-state index contributed by atoms with van der Waals surface area (Å²) in [5.41, 5.74) is 3.63. The van der Waals surface area contributed by atoms with Crippen molar-refractivity contribution in [2.75, 3.05) is 0 Å². The Morgan fingerprint density at radius 3 is 2.28 bits per heavy atom. The van der Waals surface area contributed by atoms with Crippen molar-refractivity contribution in [2.24, 2.45) is 0 Å². The molecule has 0 bridgehead atoms. The number of nitrogens with zero attached hydrogens (tertiary/aromatic N) is 1. The quantitative estimate of drug-likeness (QED) is 0.603. The SMILES string of the molecule is Cc1ccc(COC(=O)c2csc(COc3ccc(C)cc3)n2)cc1. The van der Waals surface area contributed by atoms with E-state index in [-0.39, 0.29) is 6.61 Å². The summed E-state index contributed by atoms with van der Waals surface area (Å²) in [7, 11) is 0. The maximum absolute atomic E-state index is 12.1. The van der Waals surface area contributed by atoms with Crippen molar-refractivity contribution >= 4 is 17.3 Å². The molecule has 0 amide bonds. The highest BCUT2D eigenvalue weighted by atomic mass is 32.1. The number of carbonyl (C=O) groups is 1. The Kier molecular flexibility index (Phi) is 5.46. The Hall–Kier alpha value is -2.66. The predicted octanol–water partition coefficient (Wildman–Crippen LogP) is 4.70. The van der Waals surface area contributed by atoms with Gasteiger partial charge >= 0.3 is 5.97 Å². The maximum Gasteiger partial charge on any atom is 0.358 e. The first-order valence-corrected chi connectivity index (χ1v) is 8.84. The molecule has 25 heavy (non-hydrogen) atoms. The van der Waals surface area contributed by atoms with E-state index in [4.69, 9.17) is 9.47 Å². The van der Waals surface area contributed by atoms with Crippen LogP contribution in [0.4, 0.5) is 0 Å². The smallest absolute Gasteiger partial charge is 0.358 e. The molecule has 0 aliphatic heterocycles. The Labute approximate surface area is 151 Å². The van der Waals surface area contributed by atoms with Gasteiger partial charge in [-0.15, -0.1) is 11.3 Å². The zero-order chi connectivity index (χ0) is 17.6. The summed E-state index contributed by atoms with van der Waals surface area (Å²) in [6.07, 6.45) is 0. The standard InChI is InChI=1S/C20H19NO3S/c1-14-3-7-16(8-4-14)11-24-20(22)18-13-25-19(21-18)12-23-17-9-5-15(2)6-10-17/h3-10,13H,11-12H2,1-2H3. The van der Waals surface area contributed by atoms with Crippen molar-refractivity contribution in [3.05, 3.63) is 81.3 Å². The minimum Gasteiger partial charge on any atom is -0.486 e. The molecule has 2 aromatic carbocycles. The van der Waals surface area contributed by atoms with Crippen molar-refractivity contribution < 1.29 is 14.3 Å². The number of hydrogen-bond acceptors (Lipinski definition) is 5. The van der Waals surface area contributed by atoms with Gasteiger partial charge in [0.05, 0.1) is 0 Å². The van der Waals surface area contributed by atoms with E-state index in [2.05, 4.69) is 4.98 Å². The van der Waals surface area contributed by atoms with E-state index in [0.717, 1.165) is 16.3 Å². The highest BCUT2D eigenvalue weighted by Crippen LogP contribution is 2.17. The fourth-order valence-electron chi connectivity index (χ4n) is 2.16. The summed E-state index contributed by atoms with van der Waals surface area (Å²) < 4.78 is 11.0. The molecule has 0 fully saturated rings. The number of benzene rings is 2. The van der Waals surface area contributed by atoms with Crippen LogP contribution in [-0.4, -0.2) is 11.0 Å². The Morgan fingerprint density at radius 2 is 1.60 bits per heavy atom. The van der Waals surface area contributed by atoms with Crippen LogP contribution in [0.3, 0.4) is 0 Å². The third-order valence-electron chi connectivity index (χ3n) is 3.63. The zero-order valence-electron chi connectivity index (χ0n) is 14.2. The first-order chi connectivity index (χ1) is 12.1. The van der Waals surface area contributed by atoms with Crippen LogP contribution in [0.15, 0.2) is 53.9 Å². The average molecular weight is 353 g/mol. The van der Waals surface area contributed by atoms with E-state index >= 15 is 0 Å². The molecule has 3 rings (SSSR count). The number of rotatable bonds is 6. The summed E-state index contributed by atoms with van der Waals surface area (Å²) in [6.45, 7) is 4.62. The molecule has 3 aromatic rings. The van der Waals surface area contributed by atoms with Gasteiger partial charge in [-0.1, -0.05) is 47.5 Å². The maximum atomic E-state index is 12.1. The fraction of sp³-hybridized carbons (Fsp3) is 0.200. The van der Waals surface area contributed by atoms with Gasteiger partial charge in [0.1, 0.15) is 24.0 Å². The molecular formula is C20H19NO3S. The second-order valence-electron chi connectivity index (χ2n) is 5.79. The van der Waals surface area contributed by atoms with Gasteiger partial charge in [-0.25, -0.2) is 9.78 Å². The van der Waals surface area contributed by atoms with E-state index in [1.807, 2.05) is 62.4 Å². The molecule has 128 valence electrons. The predicted molar refractivity (Wildman–Crippen MR) is 97.9 cm³/mol. The van der Waals surface area contributed by atoms with E-state index in [1.165, 1.54) is 22.5 Å². The molecule has 0 spiro atoms. The number of aryl methyl sites for hydroxylation is 2. The molecule has 0 unspecified atom stereocenters. The highest BCUT2D eigenvalue weighted by molar-refractivity contribution is 7.09. The molecular weight excluding hydrogens is 334 g/mol. The van der Waals surface area contributed by atoms with Crippen LogP contribution >= 0.6 is 11.3 Å². The van der Waals surface area contributed by atoms with Crippen LogP contribution in [0.25, 0.3) is 0 Å². The van der Waals surface area contributed by atoms with Gasteiger partial charge in [0, 0.05) is 5.38 Å². The Morgan fingerprint density at radius 1 is 0.960 bits per heavy atom. The molecule has 5 heteroatoms.